The van der Waals surface area contributed by atoms with Gasteiger partial charge in [-0.1, -0.05) is 29.3 Å². The van der Waals surface area contributed by atoms with Gasteiger partial charge in [0.05, 0.1) is 27.6 Å². The highest BCUT2D eigenvalue weighted by Gasteiger charge is 2.54. The van der Waals surface area contributed by atoms with E-state index in [4.69, 9.17) is 23.2 Å². The predicted molar refractivity (Wildman–Crippen MR) is 102 cm³/mol. The number of aromatic nitrogens is 1. The molecule has 1 aromatic carbocycles. The number of fused-ring (bicyclic) bond motifs is 2. The second-order valence-electron chi connectivity index (χ2n) is 6.88. The van der Waals surface area contributed by atoms with Crippen molar-refractivity contribution in [2.24, 2.45) is 23.7 Å². The molecule has 2 aliphatic carbocycles. The number of benzene rings is 1. The van der Waals surface area contributed by atoms with Crippen LogP contribution in [0.2, 0.25) is 10.0 Å². The molecule has 0 spiro atoms. The maximum absolute atomic E-state index is 12.7. The van der Waals surface area contributed by atoms with E-state index >= 15 is 0 Å². The van der Waals surface area contributed by atoms with Crippen molar-refractivity contribution < 1.29 is 14.7 Å². The maximum atomic E-state index is 12.7. The predicted octanol–water partition coefficient (Wildman–Crippen LogP) is 4.80. The largest absolute Gasteiger partial charge is 0.481 e. The average molecular weight is 411 g/mol. The standard InChI is InChI=1S/C18H16Cl2N2O3S/c19-11-4-3-8(6-12(11)20)13-7-26-18(21-13)22-16(23)14-9-1-2-10(5-9)15(14)17(24)25/h3-4,6-7,9-10,14-15H,1-2,5H2,(H,24,25)(H,21,22,23)/t9-,10+,14+,15+/m1/s1. The van der Waals surface area contributed by atoms with Crippen molar-refractivity contribution in [3.63, 3.8) is 0 Å². The fourth-order valence-electron chi connectivity index (χ4n) is 4.33. The number of carbonyl (C=O) groups excluding carboxylic acids is 1. The van der Waals surface area contributed by atoms with Crippen LogP contribution in [0.5, 0.6) is 0 Å². The Labute approximate surface area is 164 Å². The number of aliphatic carboxylic acids is 1. The first-order valence-corrected chi connectivity index (χ1v) is 10.0. The molecule has 0 aliphatic heterocycles. The summed E-state index contributed by atoms with van der Waals surface area (Å²) in [5.41, 5.74) is 1.49. The number of carboxylic acids is 1. The number of halogens is 2. The minimum Gasteiger partial charge on any atom is -0.481 e. The molecule has 0 saturated heterocycles. The van der Waals surface area contributed by atoms with E-state index < -0.39 is 17.8 Å². The molecule has 2 bridgehead atoms. The Morgan fingerprint density at radius 3 is 2.58 bits per heavy atom. The Morgan fingerprint density at radius 1 is 1.15 bits per heavy atom. The summed E-state index contributed by atoms with van der Waals surface area (Å²) in [7, 11) is 0. The first-order valence-electron chi connectivity index (χ1n) is 8.38. The second-order valence-corrected chi connectivity index (χ2v) is 8.55. The van der Waals surface area contributed by atoms with Crippen LogP contribution in [0.3, 0.4) is 0 Å². The van der Waals surface area contributed by atoms with Crippen LogP contribution in [0, 0.1) is 23.7 Å². The summed E-state index contributed by atoms with van der Waals surface area (Å²) in [4.78, 5) is 28.7. The molecule has 136 valence electrons. The molecule has 0 radical (unpaired) electrons. The molecule has 1 aromatic heterocycles. The molecule has 4 rings (SSSR count). The van der Waals surface area contributed by atoms with Crippen LogP contribution in [0.1, 0.15) is 19.3 Å². The van der Waals surface area contributed by atoms with Crippen LogP contribution in [0.4, 0.5) is 5.13 Å². The molecule has 2 aromatic rings. The molecule has 4 atom stereocenters. The number of nitrogens with zero attached hydrogens (tertiary/aromatic N) is 1. The third-order valence-electron chi connectivity index (χ3n) is 5.45. The molecule has 2 saturated carbocycles. The molecule has 2 aliphatic rings. The molecule has 0 unspecified atom stereocenters. The van der Waals surface area contributed by atoms with Gasteiger partial charge < -0.3 is 10.4 Å². The number of rotatable bonds is 4. The van der Waals surface area contributed by atoms with Gasteiger partial charge in [0.2, 0.25) is 5.91 Å². The van der Waals surface area contributed by atoms with Crippen molar-refractivity contribution in [3.05, 3.63) is 33.6 Å². The SMILES string of the molecule is O=C(O)[C@H]1[C@H]2CC[C@H](C2)[C@@H]1C(=O)Nc1nc(-c2ccc(Cl)c(Cl)c2)cs1. The lowest BCUT2D eigenvalue weighted by atomic mass is 9.79. The highest BCUT2D eigenvalue weighted by Crippen LogP contribution is 2.52. The summed E-state index contributed by atoms with van der Waals surface area (Å²) < 4.78 is 0. The van der Waals surface area contributed by atoms with Crippen LogP contribution in [0.15, 0.2) is 23.6 Å². The zero-order valence-corrected chi connectivity index (χ0v) is 15.9. The smallest absolute Gasteiger partial charge is 0.307 e. The van der Waals surface area contributed by atoms with E-state index in [-0.39, 0.29) is 17.7 Å². The molecule has 2 fully saturated rings. The molecular formula is C18H16Cl2N2O3S. The number of hydrogen-bond acceptors (Lipinski definition) is 4. The molecule has 2 N–H and O–H groups in total. The van der Waals surface area contributed by atoms with E-state index in [9.17, 15) is 14.7 Å². The number of thiazole rings is 1. The lowest BCUT2D eigenvalue weighted by Gasteiger charge is -2.26. The van der Waals surface area contributed by atoms with Crippen molar-refractivity contribution >= 4 is 51.5 Å². The van der Waals surface area contributed by atoms with Crippen LogP contribution < -0.4 is 5.32 Å². The van der Waals surface area contributed by atoms with E-state index in [0.29, 0.717) is 20.9 Å². The molecule has 8 heteroatoms. The van der Waals surface area contributed by atoms with E-state index in [1.165, 1.54) is 11.3 Å². The summed E-state index contributed by atoms with van der Waals surface area (Å²) in [5.74, 6) is -1.87. The highest BCUT2D eigenvalue weighted by molar-refractivity contribution is 7.14. The van der Waals surface area contributed by atoms with Gasteiger partial charge >= 0.3 is 5.97 Å². The first-order chi connectivity index (χ1) is 12.4. The van der Waals surface area contributed by atoms with Crippen molar-refractivity contribution in [3.8, 4) is 11.3 Å². The van der Waals surface area contributed by atoms with Crippen molar-refractivity contribution in [2.45, 2.75) is 19.3 Å². The quantitative estimate of drug-likeness (QED) is 0.758. The zero-order chi connectivity index (χ0) is 18.4. The molecule has 26 heavy (non-hydrogen) atoms. The van der Waals surface area contributed by atoms with Gasteiger partial charge in [-0.25, -0.2) is 4.98 Å². The van der Waals surface area contributed by atoms with Gasteiger partial charge in [-0.3, -0.25) is 9.59 Å². The van der Waals surface area contributed by atoms with Crippen LogP contribution >= 0.6 is 34.5 Å². The van der Waals surface area contributed by atoms with Crippen molar-refractivity contribution in [1.82, 2.24) is 4.98 Å². The van der Waals surface area contributed by atoms with E-state index in [1.807, 2.05) is 11.4 Å². The highest BCUT2D eigenvalue weighted by atomic mass is 35.5. The summed E-state index contributed by atoms with van der Waals surface area (Å²) in [6.07, 6.45) is 2.67. The third-order valence-corrected chi connectivity index (χ3v) is 6.95. The number of amides is 1. The Kier molecular flexibility index (Phi) is 4.67. The molecule has 1 heterocycles. The van der Waals surface area contributed by atoms with E-state index in [2.05, 4.69) is 10.3 Å². The summed E-state index contributed by atoms with van der Waals surface area (Å²) in [5, 5.41) is 15.5. The number of nitrogens with one attached hydrogen (secondary N) is 1. The molecule has 1 amide bonds. The van der Waals surface area contributed by atoms with Crippen LogP contribution in [-0.2, 0) is 9.59 Å². The first kappa shape index (κ1) is 17.8. The lowest BCUT2D eigenvalue weighted by Crippen LogP contribution is -2.37. The third kappa shape index (κ3) is 3.10. The summed E-state index contributed by atoms with van der Waals surface area (Å²) in [6, 6.07) is 5.23. The Bertz CT molecular complexity index is 885. The van der Waals surface area contributed by atoms with Gasteiger partial charge in [0, 0.05) is 10.9 Å². The normalized spacial score (nSPS) is 26.8. The van der Waals surface area contributed by atoms with E-state index in [0.717, 1.165) is 24.8 Å². The topological polar surface area (TPSA) is 79.3 Å². The van der Waals surface area contributed by atoms with Crippen LogP contribution in [0.25, 0.3) is 11.3 Å². The number of hydrogen-bond donors (Lipinski definition) is 2. The van der Waals surface area contributed by atoms with Crippen LogP contribution in [-0.4, -0.2) is 22.0 Å². The zero-order valence-electron chi connectivity index (χ0n) is 13.6. The number of anilines is 1. The monoisotopic (exact) mass is 410 g/mol. The fraction of sp³-hybridized carbons (Fsp3) is 0.389. The lowest BCUT2D eigenvalue weighted by molar-refractivity contribution is -0.148. The maximum Gasteiger partial charge on any atom is 0.307 e. The summed E-state index contributed by atoms with van der Waals surface area (Å²) >= 11 is 13.3. The number of carbonyl (C=O) groups is 2. The van der Waals surface area contributed by atoms with Gasteiger partial charge in [0.15, 0.2) is 5.13 Å². The second kappa shape index (κ2) is 6.83. The minimum absolute atomic E-state index is 0.122. The summed E-state index contributed by atoms with van der Waals surface area (Å²) in [6.45, 7) is 0. The van der Waals surface area contributed by atoms with Gasteiger partial charge in [0.25, 0.3) is 0 Å². The average Bonchev–Trinajstić information content (AvgIpc) is 3.32. The molecular weight excluding hydrogens is 395 g/mol. The Morgan fingerprint density at radius 2 is 1.88 bits per heavy atom. The minimum atomic E-state index is -0.868. The van der Waals surface area contributed by atoms with Crippen molar-refractivity contribution in [1.29, 1.82) is 0 Å². The van der Waals surface area contributed by atoms with Gasteiger partial charge in [0.1, 0.15) is 0 Å². The number of carboxylic acid groups (broad SMARTS) is 1. The molecule has 5 nitrogen and oxygen atoms in total. The Hall–Kier alpha value is -1.63. The van der Waals surface area contributed by atoms with Gasteiger partial charge in [-0.2, -0.15) is 0 Å². The van der Waals surface area contributed by atoms with Gasteiger partial charge in [-0.15, -0.1) is 11.3 Å². The van der Waals surface area contributed by atoms with Crippen molar-refractivity contribution in [2.75, 3.05) is 5.32 Å². The van der Waals surface area contributed by atoms with E-state index in [1.54, 1.807) is 12.1 Å². The van der Waals surface area contributed by atoms with Gasteiger partial charge in [-0.05, 0) is 43.2 Å². The fourth-order valence-corrected chi connectivity index (χ4v) is 5.35. The Balaban J connectivity index is 1.51.